The van der Waals surface area contributed by atoms with Crippen LogP contribution in [0.25, 0.3) is 0 Å². The van der Waals surface area contributed by atoms with E-state index in [1.807, 2.05) is 43.7 Å². The molecule has 1 aromatic rings. The van der Waals surface area contributed by atoms with Gasteiger partial charge in [0.25, 0.3) is 5.91 Å². The van der Waals surface area contributed by atoms with Crippen molar-refractivity contribution < 1.29 is 4.79 Å². The predicted octanol–water partition coefficient (Wildman–Crippen LogP) is 2.60. The highest BCUT2D eigenvalue weighted by atomic mass is 16.2. The summed E-state index contributed by atoms with van der Waals surface area (Å²) in [5.74, 6) is 2.51. The minimum Gasteiger partial charge on any atom is -0.341 e. The fourth-order valence-electron chi connectivity index (χ4n) is 1.75. The highest BCUT2D eigenvalue weighted by molar-refractivity contribution is 5.93. The molecule has 17 heavy (non-hydrogen) atoms. The quantitative estimate of drug-likeness (QED) is 0.778. The summed E-state index contributed by atoms with van der Waals surface area (Å²) in [5.41, 5.74) is 0.663. The van der Waals surface area contributed by atoms with Gasteiger partial charge < -0.3 is 9.88 Å². The van der Waals surface area contributed by atoms with Gasteiger partial charge in [-0.3, -0.25) is 4.79 Å². The number of carbonyl (C=O) groups is 1. The fourth-order valence-corrected chi connectivity index (χ4v) is 1.75. The Morgan fingerprint density at radius 1 is 1.59 bits per heavy atom. The molecule has 1 rings (SSSR count). The molecule has 1 N–H and O–H groups in total. The Morgan fingerprint density at radius 3 is 2.82 bits per heavy atom. The predicted molar refractivity (Wildman–Crippen MR) is 69.8 cm³/mol. The molecular formula is C14H20N2O. The van der Waals surface area contributed by atoms with E-state index >= 15 is 0 Å². The van der Waals surface area contributed by atoms with E-state index < -0.39 is 0 Å². The molecule has 1 heterocycles. The third-order valence-corrected chi connectivity index (χ3v) is 2.65. The lowest BCUT2D eigenvalue weighted by atomic mass is 10.2. The first-order chi connectivity index (χ1) is 8.10. The van der Waals surface area contributed by atoms with E-state index in [2.05, 4.69) is 11.2 Å². The van der Waals surface area contributed by atoms with Crippen LogP contribution >= 0.6 is 0 Å². The Morgan fingerprint density at radius 2 is 2.29 bits per heavy atom. The van der Waals surface area contributed by atoms with Gasteiger partial charge in [0, 0.05) is 12.2 Å². The first-order valence-corrected chi connectivity index (χ1v) is 6.04. The van der Waals surface area contributed by atoms with Crippen LogP contribution in [-0.4, -0.2) is 16.5 Å². The SMILES string of the molecule is C#CC(CCC)NC(=O)c1cccn1C(C)C. The van der Waals surface area contributed by atoms with Crippen molar-refractivity contribution in [1.29, 1.82) is 0 Å². The van der Waals surface area contributed by atoms with Gasteiger partial charge in [-0.25, -0.2) is 0 Å². The number of amides is 1. The van der Waals surface area contributed by atoms with E-state index in [1.54, 1.807) is 0 Å². The molecule has 1 unspecified atom stereocenters. The van der Waals surface area contributed by atoms with Crippen molar-refractivity contribution in [2.45, 2.75) is 45.7 Å². The number of aromatic nitrogens is 1. The van der Waals surface area contributed by atoms with Gasteiger partial charge in [-0.05, 0) is 32.4 Å². The molecule has 0 fully saturated rings. The summed E-state index contributed by atoms with van der Waals surface area (Å²) in [6.07, 6.45) is 9.06. The van der Waals surface area contributed by atoms with Gasteiger partial charge in [-0.2, -0.15) is 0 Å². The Bertz CT molecular complexity index is 412. The lowest BCUT2D eigenvalue weighted by molar-refractivity contribution is 0.0933. The number of nitrogens with zero attached hydrogens (tertiary/aromatic N) is 1. The van der Waals surface area contributed by atoms with Crippen LogP contribution in [0.3, 0.4) is 0 Å². The minimum atomic E-state index is -0.178. The molecule has 0 aliphatic heterocycles. The van der Waals surface area contributed by atoms with Gasteiger partial charge in [0.05, 0.1) is 6.04 Å². The molecule has 3 nitrogen and oxygen atoms in total. The summed E-state index contributed by atoms with van der Waals surface area (Å²) in [5, 5.41) is 2.87. The van der Waals surface area contributed by atoms with Crippen LogP contribution in [-0.2, 0) is 0 Å². The van der Waals surface area contributed by atoms with Crippen molar-refractivity contribution in [3.63, 3.8) is 0 Å². The molecule has 3 heteroatoms. The lowest BCUT2D eigenvalue weighted by Gasteiger charge is -2.15. The standard InChI is InChI=1S/C14H20N2O/c1-5-8-12(6-2)15-14(17)13-9-7-10-16(13)11(3)4/h2,7,9-12H,5,8H2,1,3-4H3,(H,15,17). The molecule has 0 aromatic carbocycles. The Kier molecular flexibility index (Phi) is 4.84. The van der Waals surface area contributed by atoms with E-state index in [-0.39, 0.29) is 18.0 Å². The van der Waals surface area contributed by atoms with Crippen molar-refractivity contribution in [3.05, 3.63) is 24.0 Å². The number of carbonyl (C=O) groups excluding carboxylic acids is 1. The Hall–Kier alpha value is -1.69. The lowest BCUT2D eigenvalue weighted by Crippen LogP contribution is -2.35. The zero-order valence-corrected chi connectivity index (χ0v) is 10.7. The van der Waals surface area contributed by atoms with Crippen molar-refractivity contribution in [2.24, 2.45) is 0 Å². The second kappa shape index (κ2) is 6.15. The van der Waals surface area contributed by atoms with Gasteiger partial charge in [0.15, 0.2) is 0 Å². The monoisotopic (exact) mass is 232 g/mol. The zero-order chi connectivity index (χ0) is 12.8. The molecular weight excluding hydrogens is 212 g/mol. The van der Waals surface area contributed by atoms with Crippen LogP contribution in [0.15, 0.2) is 18.3 Å². The van der Waals surface area contributed by atoms with E-state index in [1.165, 1.54) is 0 Å². The van der Waals surface area contributed by atoms with Crippen LogP contribution in [0.4, 0.5) is 0 Å². The Balaban J connectivity index is 2.76. The molecule has 0 aliphatic rings. The van der Waals surface area contributed by atoms with Crippen LogP contribution in [0.5, 0.6) is 0 Å². The van der Waals surface area contributed by atoms with E-state index in [0.717, 1.165) is 12.8 Å². The number of hydrogen-bond acceptors (Lipinski definition) is 1. The van der Waals surface area contributed by atoms with Gasteiger partial charge in [0.2, 0.25) is 0 Å². The van der Waals surface area contributed by atoms with E-state index in [4.69, 9.17) is 6.42 Å². The number of nitrogens with one attached hydrogen (secondary N) is 1. The number of rotatable bonds is 5. The number of hydrogen-bond donors (Lipinski definition) is 1. The van der Waals surface area contributed by atoms with Crippen LogP contribution in [0.1, 0.15) is 50.1 Å². The van der Waals surface area contributed by atoms with Crippen LogP contribution in [0.2, 0.25) is 0 Å². The number of terminal acetylenes is 1. The molecule has 0 aliphatic carbocycles. The summed E-state index contributed by atoms with van der Waals surface area (Å²) in [7, 11) is 0. The summed E-state index contributed by atoms with van der Waals surface area (Å²) < 4.78 is 1.94. The average molecular weight is 232 g/mol. The molecule has 0 radical (unpaired) electrons. The highest BCUT2D eigenvalue weighted by Gasteiger charge is 2.15. The van der Waals surface area contributed by atoms with E-state index in [9.17, 15) is 4.79 Å². The zero-order valence-electron chi connectivity index (χ0n) is 10.7. The maximum Gasteiger partial charge on any atom is 0.268 e. The molecule has 0 spiro atoms. The molecule has 0 saturated carbocycles. The summed E-state index contributed by atoms with van der Waals surface area (Å²) in [6.45, 7) is 6.14. The average Bonchev–Trinajstić information content (AvgIpc) is 2.77. The smallest absolute Gasteiger partial charge is 0.268 e. The molecule has 1 amide bonds. The van der Waals surface area contributed by atoms with Crippen molar-refractivity contribution in [2.75, 3.05) is 0 Å². The third-order valence-electron chi connectivity index (χ3n) is 2.65. The molecule has 92 valence electrons. The van der Waals surface area contributed by atoms with Crippen LogP contribution < -0.4 is 5.32 Å². The summed E-state index contributed by atoms with van der Waals surface area (Å²) in [6, 6.07) is 3.78. The molecule has 1 aromatic heterocycles. The summed E-state index contributed by atoms with van der Waals surface area (Å²) in [4.78, 5) is 12.0. The third kappa shape index (κ3) is 3.39. The summed E-state index contributed by atoms with van der Waals surface area (Å²) >= 11 is 0. The van der Waals surface area contributed by atoms with Gasteiger partial charge in [-0.15, -0.1) is 6.42 Å². The molecule has 0 bridgehead atoms. The maximum atomic E-state index is 12.0. The Labute approximate surface area is 103 Å². The molecule has 0 saturated heterocycles. The first kappa shape index (κ1) is 13.4. The normalized spacial score (nSPS) is 12.2. The van der Waals surface area contributed by atoms with E-state index in [0.29, 0.717) is 5.69 Å². The fraction of sp³-hybridized carbons (Fsp3) is 0.500. The minimum absolute atomic E-state index is 0.0971. The first-order valence-electron chi connectivity index (χ1n) is 6.04. The largest absolute Gasteiger partial charge is 0.341 e. The van der Waals surface area contributed by atoms with Crippen molar-refractivity contribution in [3.8, 4) is 12.3 Å². The van der Waals surface area contributed by atoms with Gasteiger partial charge >= 0.3 is 0 Å². The second-order valence-electron chi connectivity index (χ2n) is 4.38. The van der Waals surface area contributed by atoms with Gasteiger partial charge in [0.1, 0.15) is 5.69 Å². The highest BCUT2D eigenvalue weighted by Crippen LogP contribution is 2.11. The van der Waals surface area contributed by atoms with Crippen LogP contribution in [0, 0.1) is 12.3 Å². The van der Waals surface area contributed by atoms with Crippen molar-refractivity contribution >= 4 is 5.91 Å². The molecule has 1 atom stereocenters. The maximum absolute atomic E-state index is 12.0. The van der Waals surface area contributed by atoms with Gasteiger partial charge in [-0.1, -0.05) is 19.3 Å². The van der Waals surface area contributed by atoms with Crippen molar-refractivity contribution in [1.82, 2.24) is 9.88 Å². The second-order valence-corrected chi connectivity index (χ2v) is 4.38. The topological polar surface area (TPSA) is 34.0 Å².